The van der Waals surface area contributed by atoms with Gasteiger partial charge in [0.2, 0.25) is 10.0 Å². The fraction of sp³-hybridized carbons (Fsp3) is 0.250. The molecule has 5 nitrogen and oxygen atoms in total. The van der Waals surface area contributed by atoms with Crippen LogP contribution in [0.4, 0.5) is 0 Å². The van der Waals surface area contributed by atoms with Crippen LogP contribution in [0.1, 0.15) is 15.9 Å². The van der Waals surface area contributed by atoms with E-state index in [4.69, 9.17) is 0 Å². The van der Waals surface area contributed by atoms with Crippen molar-refractivity contribution in [3.05, 3.63) is 71.1 Å². The molecule has 0 atom stereocenters. The Balaban J connectivity index is 1.60. The van der Waals surface area contributed by atoms with E-state index in [1.165, 1.54) is 9.71 Å². The lowest BCUT2D eigenvalue weighted by molar-refractivity contribution is 0.0698. The summed E-state index contributed by atoms with van der Waals surface area (Å²) < 4.78 is 26.4. The van der Waals surface area contributed by atoms with Gasteiger partial charge in [-0.3, -0.25) is 4.79 Å². The molecule has 7 heteroatoms. The van der Waals surface area contributed by atoms with Crippen LogP contribution in [-0.2, 0) is 10.0 Å². The highest BCUT2D eigenvalue weighted by Gasteiger charge is 2.27. The van der Waals surface area contributed by atoms with E-state index in [1.807, 2.05) is 60.9 Å². The molecule has 0 saturated carbocycles. The number of thioether (sulfide) groups is 1. The molecule has 27 heavy (non-hydrogen) atoms. The van der Waals surface area contributed by atoms with Gasteiger partial charge in [0, 0.05) is 42.0 Å². The Kier molecular flexibility index (Phi) is 6.36. The maximum absolute atomic E-state index is 12.6. The van der Waals surface area contributed by atoms with Gasteiger partial charge in [-0.25, -0.2) is 8.42 Å². The minimum absolute atomic E-state index is 0.0560. The van der Waals surface area contributed by atoms with Crippen LogP contribution >= 0.6 is 11.8 Å². The zero-order valence-corrected chi connectivity index (χ0v) is 16.7. The monoisotopic (exact) mass is 402 g/mol. The van der Waals surface area contributed by atoms with Gasteiger partial charge in [-0.1, -0.05) is 30.3 Å². The standard InChI is InChI=1S/C20H22N2O3S2/c1-26-19-9-7-18(8-10-19)20(23)21-12-14-22(15-13-21)27(24,25)16-11-17-5-3-2-4-6-17/h2-11,16H,12-15H2,1H3/b16-11+. The lowest BCUT2D eigenvalue weighted by Gasteiger charge is -2.33. The third kappa shape index (κ3) is 5.00. The highest BCUT2D eigenvalue weighted by Crippen LogP contribution is 2.17. The number of carbonyl (C=O) groups is 1. The lowest BCUT2D eigenvalue weighted by Crippen LogP contribution is -2.50. The van der Waals surface area contributed by atoms with Gasteiger partial charge in [-0.15, -0.1) is 11.8 Å². The van der Waals surface area contributed by atoms with Crippen LogP contribution in [0.25, 0.3) is 6.08 Å². The number of rotatable bonds is 5. The molecule has 2 aromatic rings. The Bertz CT molecular complexity index is 902. The van der Waals surface area contributed by atoms with Crippen molar-refractivity contribution in [3.8, 4) is 0 Å². The average molecular weight is 403 g/mol. The zero-order chi connectivity index (χ0) is 19.3. The Morgan fingerprint density at radius 3 is 2.19 bits per heavy atom. The summed E-state index contributed by atoms with van der Waals surface area (Å²) in [6.45, 7) is 1.38. The largest absolute Gasteiger partial charge is 0.336 e. The van der Waals surface area contributed by atoms with E-state index >= 15 is 0 Å². The number of hydrogen-bond acceptors (Lipinski definition) is 4. The quantitative estimate of drug-likeness (QED) is 0.721. The van der Waals surface area contributed by atoms with Crippen LogP contribution in [0.2, 0.25) is 0 Å². The summed E-state index contributed by atoms with van der Waals surface area (Å²) in [5.74, 6) is -0.0560. The number of hydrogen-bond donors (Lipinski definition) is 0. The van der Waals surface area contributed by atoms with Gasteiger partial charge in [-0.2, -0.15) is 4.31 Å². The van der Waals surface area contributed by atoms with E-state index in [0.717, 1.165) is 10.5 Å². The smallest absolute Gasteiger partial charge is 0.253 e. The summed E-state index contributed by atoms with van der Waals surface area (Å²) in [7, 11) is -3.49. The van der Waals surface area contributed by atoms with Crippen LogP contribution < -0.4 is 0 Å². The number of nitrogens with zero attached hydrogens (tertiary/aromatic N) is 2. The highest BCUT2D eigenvalue weighted by molar-refractivity contribution is 7.98. The minimum Gasteiger partial charge on any atom is -0.336 e. The van der Waals surface area contributed by atoms with Gasteiger partial charge >= 0.3 is 0 Å². The maximum Gasteiger partial charge on any atom is 0.253 e. The first-order valence-corrected chi connectivity index (χ1v) is 11.4. The minimum atomic E-state index is -3.49. The lowest BCUT2D eigenvalue weighted by atomic mass is 10.2. The fourth-order valence-corrected chi connectivity index (χ4v) is 4.46. The number of benzene rings is 2. The molecule has 0 spiro atoms. The normalized spacial score (nSPS) is 16.0. The molecule has 2 aromatic carbocycles. The number of carbonyl (C=O) groups excluding carboxylic acids is 1. The molecule has 0 bridgehead atoms. The number of sulfonamides is 1. The Labute approximate surface area is 164 Å². The molecule has 0 aliphatic carbocycles. The summed E-state index contributed by atoms with van der Waals surface area (Å²) in [5.41, 5.74) is 1.47. The topological polar surface area (TPSA) is 57.7 Å². The SMILES string of the molecule is CSc1ccc(C(=O)N2CCN(S(=O)(=O)/C=C/c3ccccc3)CC2)cc1. The van der Waals surface area contributed by atoms with E-state index < -0.39 is 10.0 Å². The van der Waals surface area contributed by atoms with Crippen LogP contribution in [-0.4, -0.2) is 56.0 Å². The first-order chi connectivity index (χ1) is 13.0. The van der Waals surface area contributed by atoms with Crippen LogP contribution in [0, 0.1) is 0 Å². The Morgan fingerprint density at radius 2 is 1.59 bits per heavy atom. The molecular formula is C20H22N2O3S2. The second-order valence-electron chi connectivity index (χ2n) is 6.18. The van der Waals surface area contributed by atoms with Gasteiger partial charge in [0.1, 0.15) is 0 Å². The summed E-state index contributed by atoms with van der Waals surface area (Å²) in [6.07, 6.45) is 3.59. The molecule has 0 N–H and O–H groups in total. The van der Waals surface area contributed by atoms with Crippen molar-refractivity contribution >= 4 is 33.8 Å². The van der Waals surface area contributed by atoms with E-state index in [2.05, 4.69) is 0 Å². The van der Waals surface area contributed by atoms with E-state index in [1.54, 1.807) is 22.7 Å². The van der Waals surface area contributed by atoms with Crippen molar-refractivity contribution in [2.45, 2.75) is 4.90 Å². The van der Waals surface area contributed by atoms with Crippen molar-refractivity contribution in [2.24, 2.45) is 0 Å². The molecule has 1 aliphatic rings. The van der Waals surface area contributed by atoms with Crippen molar-refractivity contribution < 1.29 is 13.2 Å². The predicted octanol–water partition coefficient (Wildman–Crippen LogP) is 3.17. The molecule has 1 heterocycles. The Morgan fingerprint density at radius 1 is 0.963 bits per heavy atom. The van der Waals surface area contributed by atoms with E-state index in [9.17, 15) is 13.2 Å². The molecule has 0 unspecified atom stereocenters. The van der Waals surface area contributed by atoms with Crippen LogP contribution in [0.15, 0.2) is 64.9 Å². The number of piperazine rings is 1. The van der Waals surface area contributed by atoms with Gasteiger partial charge in [-0.05, 0) is 42.2 Å². The second kappa shape index (κ2) is 8.73. The maximum atomic E-state index is 12.6. The summed E-state index contributed by atoms with van der Waals surface area (Å²) in [6, 6.07) is 16.8. The van der Waals surface area contributed by atoms with Crippen molar-refractivity contribution in [1.82, 2.24) is 9.21 Å². The fourth-order valence-electron chi connectivity index (χ4n) is 2.88. The molecule has 1 saturated heterocycles. The third-order valence-corrected chi connectivity index (χ3v) is 6.76. The molecule has 0 aromatic heterocycles. The van der Waals surface area contributed by atoms with Crippen LogP contribution in [0.5, 0.6) is 0 Å². The van der Waals surface area contributed by atoms with Gasteiger partial charge in [0.15, 0.2) is 0 Å². The van der Waals surface area contributed by atoms with Crippen LogP contribution in [0.3, 0.4) is 0 Å². The predicted molar refractivity (Wildman–Crippen MR) is 110 cm³/mol. The molecule has 0 radical (unpaired) electrons. The Hall–Kier alpha value is -2.09. The molecule has 1 aliphatic heterocycles. The zero-order valence-electron chi connectivity index (χ0n) is 15.1. The molecule has 1 fully saturated rings. The summed E-state index contributed by atoms with van der Waals surface area (Å²) in [4.78, 5) is 15.4. The summed E-state index contributed by atoms with van der Waals surface area (Å²) >= 11 is 1.63. The molecule has 142 valence electrons. The van der Waals surface area contributed by atoms with E-state index in [-0.39, 0.29) is 5.91 Å². The van der Waals surface area contributed by atoms with Crippen molar-refractivity contribution in [3.63, 3.8) is 0 Å². The average Bonchev–Trinajstić information content (AvgIpc) is 2.73. The second-order valence-corrected chi connectivity index (χ2v) is 8.88. The van der Waals surface area contributed by atoms with Crippen molar-refractivity contribution in [2.75, 3.05) is 32.4 Å². The highest BCUT2D eigenvalue weighted by atomic mass is 32.2. The summed E-state index contributed by atoms with van der Waals surface area (Å²) in [5, 5.41) is 1.24. The first-order valence-electron chi connectivity index (χ1n) is 8.66. The van der Waals surface area contributed by atoms with E-state index in [0.29, 0.717) is 31.7 Å². The van der Waals surface area contributed by atoms with Gasteiger partial charge < -0.3 is 4.90 Å². The van der Waals surface area contributed by atoms with Gasteiger partial charge in [0.05, 0.1) is 0 Å². The molecule has 3 rings (SSSR count). The van der Waals surface area contributed by atoms with Gasteiger partial charge in [0.25, 0.3) is 5.91 Å². The first kappa shape index (κ1) is 19.7. The number of amides is 1. The molecule has 1 amide bonds. The van der Waals surface area contributed by atoms with Crippen molar-refractivity contribution in [1.29, 1.82) is 0 Å². The third-order valence-electron chi connectivity index (χ3n) is 4.45. The molecular weight excluding hydrogens is 380 g/mol.